The van der Waals surface area contributed by atoms with Gasteiger partial charge in [0, 0.05) is 12.0 Å². The van der Waals surface area contributed by atoms with Crippen LogP contribution in [0.3, 0.4) is 0 Å². The fourth-order valence-corrected chi connectivity index (χ4v) is 2.07. The predicted octanol–water partition coefficient (Wildman–Crippen LogP) is 3.71. The fraction of sp³-hybridized carbons (Fsp3) is 0.188. The highest BCUT2D eigenvalue weighted by Gasteiger charge is 2.18. The number of ether oxygens (including phenoxy) is 1. The molecule has 2 rings (SSSR count). The number of carbonyl (C=O) groups excluding carboxylic acids is 1. The normalized spacial score (nSPS) is 10.4. The van der Waals surface area contributed by atoms with Crippen LogP contribution in [0.25, 0.3) is 0 Å². The lowest BCUT2D eigenvalue weighted by molar-refractivity contribution is 0.0984. The molecule has 2 aromatic carbocycles. The quantitative estimate of drug-likeness (QED) is 0.796. The lowest BCUT2D eigenvalue weighted by Crippen LogP contribution is -2.10. The van der Waals surface area contributed by atoms with E-state index in [9.17, 15) is 13.6 Å². The lowest BCUT2D eigenvalue weighted by atomic mass is 10.00. The van der Waals surface area contributed by atoms with Gasteiger partial charge in [-0.3, -0.25) is 4.79 Å². The number of carbonyl (C=O) groups is 1. The van der Waals surface area contributed by atoms with Gasteiger partial charge in [0.1, 0.15) is 17.4 Å². The molecular weight excluding hydrogens is 262 g/mol. The maximum atomic E-state index is 13.6. The van der Waals surface area contributed by atoms with Crippen LogP contribution in [0.2, 0.25) is 0 Å². The summed E-state index contributed by atoms with van der Waals surface area (Å²) in [6.45, 7) is 1.87. The monoisotopic (exact) mass is 276 g/mol. The summed E-state index contributed by atoms with van der Waals surface area (Å²) in [6, 6.07) is 8.73. The van der Waals surface area contributed by atoms with E-state index in [1.54, 1.807) is 12.1 Å². The van der Waals surface area contributed by atoms with Gasteiger partial charge in [0.2, 0.25) is 0 Å². The van der Waals surface area contributed by atoms with E-state index in [1.807, 2.05) is 13.0 Å². The van der Waals surface area contributed by atoms with Crippen LogP contribution in [0.1, 0.15) is 21.5 Å². The molecule has 2 aromatic rings. The van der Waals surface area contributed by atoms with Gasteiger partial charge >= 0.3 is 0 Å². The molecule has 104 valence electrons. The summed E-state index contributed by atoms with van der Waals surface area (Å²) in [6.07, 6.45) is -0.108. The third-order valence-electron chi connectivity index (χ3n) is 3.03. The summed E-state index contributed by atoms with van der Waals surface area (Å²) in [5.41, 5.74) is 1.05. The molecule has 0 amide bonds. The Labute approximate surface area is 116 Å². The summed E-state index contributed by atoms with van der Waals surface area (Å²) < 4.78 is 32.3. The second-order valence-corrected chi connectivity index (χ2v) is 4.51. The minimum absolute atomic E-state index is 0.108. The summed E-state index contributed by atoms with van der Waals surface area (Å²) in [7, 11) is 1.49. The molecule has 0 N–H and O–H groups in total. The first kappa shape index (κ1) is 14.2. The highest BCUT2D eigenvalue weighted by molar-refractivity contribution is 5.98. The highest BCUT2D eigenvalue weighted by Crippen LogP contribution is 2.23. The molecule has 0 radical (unpaired) electrons. The number of halogens is 2. The Hall–Kier alpha value is -2.23. The van der Waals surface area contributed by atoms with Crippen molar-refractivity contribution in [3.05, 3.63) is 64.7 Å². The zero-order chi connectivity index (χ0) is 14.7. The van der Waals surface area contributed by atoms with Crippen molar-refractivity contribution < 1.29 is 18.3 Å². The van der Waals surface area contributed by atoms with Gasteiger partial charge in [-0.15, -0.1) is 0 Å². The molecule has 0 aromatic heterocycles. The molecule has 0 fully saturated rings. The first-order chi connectivity index (χ1) is 9.52. The smallest absolute Gasteiger partial charge is 0.173 e. The number of aryl methyl sites for hydroxylation is 1. The Bertz CT molecular complexity index is 631. The van der Waals surface area contributed by atoms with Crippen LogP contribution in [0.4, 0.5) is 8.78 Å². The average molecular weight is 276 g/mol. The maximum Gasteiger partial charge on any atom is 0.173 e. The first-order valence-corrected chi connectivity index (χ1v) is 6.13. The molecule has 0 saturated carbocycles. The largest absolute Gasteiger partial charge is 0.496 e. The van der Waals surface area contributed by atoms with Crippen LogP contribution < -0.4 is 4.74 Å². The van der Waals surface area contributed by atoms with Crippen molar-refractivity contribution in [1.29, 1.82) is 0 Å². The van der Waals surface area contributed by atoms with Gasteiger partial charge in [-0.1, -0.05) is 23.8 Å². The van der Waals surface area contributed by atoms with Crippen molar-refractivity contribution in [3.8, 4) is 5.75 Å². The average Bonchev–Trinajstić information content (AvgIpc) is 2.38. The second kappa shape index (κ2) is 5.82. The van der Waals surface area contributed by atoms with Crippen LogP contribution in [-0.4, -0.2) is 12.9 Å². The molecule has 0 heterocycles. The first-order valence-electron chi connectivity index (χ1n) is 6.13. The van der Waals surface area contributed by atoms with E-state index in [1.165, 1.54) is 13.2 Å². The zero-order valence-corrected chi connectivity index (χ0v) is 11.2. The molecule has 0 unspecified atom stereocenters. The van der Waals surface area contributed by atoms with E-state index in [-0.39, 0.29) is 6.42 Å². The molecule has 20 heavy (non-hydrogen) atoms. The Morgan fingerprint density at radius 1 is 1.15 bits per heavy atom. The maximum absolute atomic E-state index is 13.6. The van der Waals surface area contributed by atoms with Gasteiger partial charge in [0.05, 0.1) is 12.7 Å². The van der Waals surface area contributed by atoms with E-state index in [0.717, 1.165) is 17.7 Å². The van der Waals surface area contributed by atoms with Crippen LogP contribution in [0.5, 0.6) is 5.75 Å². The van der Waals surface area contributed by atoms with Crippen molar-refractivity contribution in [3.63, 3.8) is 0 Å². The molecule has 0 aliphatic heterocycles. The van der Waals surface area contributed by atoms with Crippen molar-refractivity contribution in [2.45, 2.75) is 13.3 Å². The predicted molar refractivity (Wildman–Crippen MR) is 72.1 cm³/mol. The van der Waals surface area contributed by atoms with E-state index in [0.29, 0.717) is 11.3 Å². The van der Waals surface area contributed by atoms with Gasteiger partial charge in [0.25, 0.3) is 0 Å². The van der Waals surface area contributed by atoms with Gasteiger partial charge in [-0.2, -0.15) is 0 Å². The Morgan fingerprint density at radius 3 is 2.40 bits per heavy atom. The van der Waals surface area contributed by atoms with Crippen LogP contribution in [-0.2, 0) is 6.42 Å². The molecule has 0 aliphatic rings. The molecule has 0 atom stereocenters. The second-order valence-electron chi connectivity index (χ2n) is 4.51. The molecule has 0 aliphatic carbocycles. The van der Waals surface area contributed by atoms with Gasteiger partial charge < -0.3 is 4.74 Å². The third-order valence-corrected chi connectivity index (χ3v) is 3.03. The minimum atomic E-state index is -0.846. The summed E-state index contributed by atoms with van der Waals surface area (Å²) >= 11 is 0. The fourth-order valence-electron chi connectivity index (χ4n) is 2.07. The highest BCUT2D eigenvalue weighted by atomic mass is 19.1. The van der Waals surface area contributed by atoms with E-state index in [4.69, 9.17) is 4.74 Å². The van der Waals surface area contributed by atoms with Crippen molar-refractivity contribution in [1.82, 2.24) is 0 Å². The molecule has 2 nitrogen and oxygen atoms in total. The number of rotatable bonds is 4. The summed E-state index contributed by atoms with van der Waals surface area (Å²) in [5, 5.41) is 0. The molecule has 0 saturated heterocycles. The Morgan fingerprint density at radius 2 is 1.80 bits per heavy atom. The number of methoxy groups -OCH3 is 1. The standard InChI is InChI=1S/C16H14F2O2/c1-10-6-7-15(20-2)11(8-10)9-14(19)16-12(17)4-3-5-13(16)18/h3-8H,9H2,1-2H3. The molecular formula is C16H14F2O2. The van der Waals surface area contributed by atoms with Crippen LogP contribution >= 0.6 is 0 Å². The van der Waals surface area contributed by atoms with Crippen molar-refractivity contribution in [2.75, 3.05) is 7.11 Å². The van der Waals surface area contributed by atoms with Gasteiger partial charge in [-0.25, -0.2) is 8.78 Å². The van der Waals surface area contributed by atoms with E-state index >= 15 is 0 Å². The number of hydrogen-bond donors (Lipinski definition) is 0. The number of ketones is 1. The number of Topliss-reactive ketones (excluding diaryl/α,β-unsaturated/α-hetero) is 1. The Balaban J connectivity index is 2.35. The molecule has 4 heteroatoms. The lowest BCUT2D eigenvalue weighted by Gasteiger charge is -2.09. The van der Waals surface area contributed by atoms with Crippen molar-refractivity contribution >= 4 is 5.78 Å². The topological polar surface area (TPSA) is 26.3 Å². The minimum Gasteiger partial charge on any atom is -0.496 e. The molecule has 0 spiro atoms. The SMILES string of the molecule is COc1ccc(C)cc1CC(=O)c1c(F)cccc1F. The summed E-state index contributed by atoms with van der Waals surface area (Å²) in [4.78, 5) is 12.1. The van der Waals surface area contributed by atoms with Gasteiger partial charge in [0.15, 0.2) is 5.78 Å². The third kappa shape index (κ3) is 2.85. The van der Waals surface area contributed by atoms with E-state index in [2.05, 4.69) is 0 Å². The number of benzene rings is 2. The van der Waals surface area contributed by atoms with Crippen molar-refractivity contribution in [2.24, 2.45) is 0 Å². The van der Waals surface area contributed by atoms with E-state index < -0.39 is 23.0 Å². The van der Waals surface area contributed by atoms with Crippen LogP contribution in [0, 0.1) is 18.6 Å². The van der Waals surface area contributed by atoms with Gasteiger partial charge in [-0.05, 0) is 25.1 Å². The molecule has 0 bridgehead atoms. The Kier molecular flexibility index (Phi) is 4.13. The zero-order valence-electron chi connectivity index (χ0n) is 11.2. The summed E-state index contributed by atoms with van der Waals surface area (Å²) in [5.74, 6) is -1.77. The van der Waals surface area contributed by atoms with Crippen LogP contribution in [0.15, 0.2) is 36.4 Å². The number of hydrogen-bond acceptors (Lipinski definition) is 2.